The fourth-order valence-electron chi connectivity index (χ4n) is 2.12. The van der Waals surface area contributed by atoms with Gasteiger partial charge in [0, 0.05) is 10.6 Å². The number of halogens is 1. The molecular weight excluding hydrogens is 306 g/mol. The highest BCUT2D eigenvalue weighted by molar-refractivity contribution is 6.31. The third-order valence-electron chi connectivity index (χ3n) is 3.23. The van der Waals surface area contributed by atoms with Crippen molar-refractivity contribution >= 4 is 28.5 Å². The number of nitrogens with zero attached hydrogens (tertiary/aromatic N) is 3. The van der Waals surface area contributed by atoms with E-state index in [9.17, 15) is 9.90 Å². The second-order valence-electron chi connectivity index (χ2n) is 4.76. The molecule has 8 heteroatoms. The number of phenols is 1. The molecular formula is C14H12ClN5O2. The molecule has 0 unspecified atom stereocenters. The number of aromatic hydroxyl groups is 1. The smallest absolute Gasteiger partial charge is 0.265 e. The molecule has 0 aliphatic rings. The Morgan fingerprint density at radius 2 is 2.00 bits per heavy atom. The number of benzene rings is 2. The minimum Gasteiger partial charge on any atom is -0.505 e. The van der Waals surface area contributed by atoms with Crippen molar-refractivity contribution in [2.45, 2.75) is 6.92 Å². The van der Waals surface area contributed by atoms with Gasteiger partial charge in [0.2, 0.25) is 0 Å². The Hall–Kier alpha value is -2.64. The van der Waals surface area contributed by atoms with E-state index in [1.807, 2.05) is 0 Å². The van der Waals surface area contributed by atoms with Crippen molar-refractivity contribution in [1.29, 1.82) is 0 Å². The van der Waals surface area contributed by atoms with Crippen molar-refractivity contribution in [2.75, 3.05) is 0 Å². The SMILES string of the molecule is Cc1cc(C(=O)NN)cc(-n2nc3ccc(Cl)cc3n2)c1O. The van der Waals surface area contributed by atoms with Crippen LogP contribution in [0.3, 0.4) is 0 Å². The molecule has 4 N–H and O–H groups in total. The van der Waals surface area contributed by atoms with Crippen LogP contribution in [0, 0.1) is 6.92 Å². The average Bonchev–Trinajstić information content (AvgIpc) is 2.91. The molecule has 0 radical (unpaired) electrons. The first-order valence-electron chi connectivity index (χ1n) is 6.37. The number of amides is 1. The van der Waals surface area contributed by atoms with Crippen LogP contribution in [0.4, 0.5) is 0 Å². The lowest BCUT2D eigenvalue weighted by molar-refractivity contribution is 0.0953. The first-order chi connectivity index (χ1) is 10.5. The van der Waals surface area contributed by atoms with Gasteiger partial charge in [-0.05, 0) is 42.8 Å². The molecule has 0 aliphatic heterocycles. The molecule has 0 fully saturated rings. The summed E-state index contributed by atoms with van der Waals surface area (Å²) in [5, 5.41) is 19.3. The van der Waals surface area contributed by atoms with Gasteiger partial charge in [-0.15, -0.1) is 15.0 Å². The Kier molecular flexibility index (Phi) is 3.44. The fourth-order valence-corrected chi connectivity index (χ4v) is 2.29. The average molecular weight is 318 g/mol. The number of hydrazine groups is 1. The predicted octanol–water partition coefficient (Wildman–Crippen LogP) is 1.69. The molecule has 2 aromatic carbocycles. The van der Waals surface area contributed by atoms with E-state index in [1.54, 1.807) is 25.1 Å². The maximum Gasteiger partial charge on any atom is 0.265 e. The lowest BCUT2D eigenvalue weighted by atomic mass is 10.1. The summed E-state index contributed by atoms with van der Waals surface area (Å²) < 4.78 is 0. The van der Waals surface area contributed by atoms with Crippen LogP contribution in [0.1, 0.15) is 15.9 Å². The van der Waals surface area contributed by atoms with Crippen molar-refractivity contribution in [1.82, 2.24) is 20.4 Å². The summed E-state index contributed by atoms with van der Waals surface area (Å²) in [5.74, 6) is 4.66. The van der Waals surface area contributed by atoms with Gasteiger partial charge in [-0.25, -0.2) is 5.84 Å². The van der Waals surface area contributed by atoms with E-state index < -0.39 is 5.91 Å². The van der Waals surface area contributed by atoms with E-state index in [2.05, 4.69) is 15.6 Å². The maximum absolute atomic E-state index is 11.7. The second-order valence-corrected chi connectivity index (χ2v) is 5.19. The van der Waals surface area contributed by atoms with Crippen LogP contribution in [0.5, 0.6) is 5.75 Å². The molecule has 3 rings (SSSR count). The van der Waals surface area contributed by atoms with Crippen LogP contribution in [-0.2, 0) is 0 Å². The first kappa shape index (κ1) is 14.3. The minimum atomic E-state index is -0.468. The summed E-state index contributed by atoms with van der Waals surface area (Å²) in [7, 11) is 0. The standard InChI is InChI=1S/C14H12ClN5O2/c1-7-4-8(14(22)17-16)5-12(13(7)21)20-18-10-3-2-9(15)6-11(10)19-20/h2-6,21H,16H2,1H3,(H,17,22). The van der Waals surface area contributed by atoms with Gasteiger partial charge in [-0.3, -0.25) is 10.2 Å². The molecule has 7 nitrogen and oxygen atoms in total. The highest BCUT2D eigenvalue weighted by Crippen LogP contribution is 2.27. The zero-order chi connectivity index (χ0) is 15.9. The number of rotatable bonds is 2. The molecule has 22 heavy (non-hydrogen) atoms. The quantitative estimate of drug-likeness (QED) is 0.379. The molecule has 0 saturated heterocycles. The number of carbonyl (C=O) groups excluding carboxylic acids is 1. The molecule has 1 aromatic heterocycles. The number of aryl methyl sites for hydroxylation is 1. The molecule has 0 aliphatic carbocycles. The van der Waals surface area contributed by atoms with Crippen LogP contribution in [0.15, 0.2) is 30.3 Å². The molecule has 0 saturated carbocycles. The normalized spacial score (nSPS) is 10.9. The fraction of sp³-hybridized carbons (Fsp3) is 0.0714. The summed E-state index contributed by atoms with van der Waals surface area (Å²) >= 11 is 5.92. The van der Waals surface area contributed by atoms with E-state index in [0.29, 0.717) is 27.2 Å². The van der Waals surface area contributed by atoms with E-state index in [0.717, 1.165) is 0 Å². The van der Waals surface area contributed by atoms with E-state index in [4.69, 9.17) is 17.4 Å². The van der Waals surface area contributed by atoms with E-state index in [-0.39, 0.29) is 11.4 Å². The molecule has 0 atom stereocenters. The van der Waals surface area contributed by atoms with Gasteiger partial charge < -0.3 is 5.11 Å². The van der Waals surface area contributed by atoms with Gasteiger partial charge in [0.15, 0.2) is 0 Å². The lowest BCUT2D eigenvalue weighted by Gasteiger charge is -2.09. The zero-order valence-corrected chi connectivity index (χ0v) is 12.3. The number of phenolic OH excluding ortho intramolecular Hbond substituents is 1. The van der Waals surface area contributed by atoms with Crippen molar-refractivity contribution in [3.05, 3.63) is 46.5 Å². The highest BCUT2D eigenvalue weighted by Gasteiger charge is 2.15. The van der Waals surface area contributed by atoms with Crippen LogP contribution >= 0.6 is 11.6 Å². The lowest BCUT2D eigenvalue weighted by Crippen LogP contribution is -2.30. The number of hydrogen-bond donors (Lipinski definition) is 3. The van der Waals surface area contributed by atoms with E-state index >= 15 is 0 Å². The highest BCUT2D eigenvalue weighted by atomic mass is 35.5. The van der Waals surface area contributed by atoms with Gasteiger partial charge in [0.1, 0.15) is 22.5 Å². The van der Waals surface area contributed by atoms with Crippen molar-refractivity contribution in [3.8, 4) is 11.4 Å². The Labute approximate surface area is 130 Å². The van der Waals surface area contributed by atoms with Gasteiger partial charge in [-0.1, -0.05) is 11.6 Å². The number of fused-ring (bicyclic) bond motifs is 1. The number of hydrogen-bond acceptors (Lipinski definition) is 5. The van der Waals surface area contributed by atoms with Crippen LogP contribution < -0.4 is 11.3 Å². The third-order valence-corrected chi connectivity index (χ3v) is 3.47. The molecule has 0 spiro atoms. The maximum atomic E-state index is 11.7. The predicted molar refractivity (Wildman–Crippen MR) is 81.9 cm³/mol. The molecule has 0 bridgehead atoms. The Morgan fingerprint density at radius 3 is 2.73 bits per heavy atom. The van der Waals surface area contributed by atoms with Crippen LogP contribution in [0.25, 0.3) is 16.7 Å². The first-order valence-corrected chi connectivity index (χ1v) is 6.75. The van der Waals surface area contributed by atoms with Gasteiger partial charge in [0.05, 0.1) is 0 Å². The van der Waals surface area contributed by atoms with Crippen LogP contribution in [0.2, 0.25) is 5.02 Å². The summed E-state index contributed by atoms with van der Waals surface area (Å²) in [4.78, 5) is 13.0. The van der Waals surface area contributed by atoms with Gasteiger partial charge >= 0.3 is 0 Å². The summed E-state index contributed by atoms with van der Waals surface area (Å²) in [5.41, 5.74) is 4.35. The number of carbonyl (C=O) groups is 1. The molecule has 1 heterocycles. The topological polar surface area (TPSA) is 106 Å². The number of nitrogens with one attached hydrogen (secondary N) is 1. The summed E-state index contributed by atoms with van der Waals surface area (Å²) in [6, 6.07) is 8.08. The van der Waals surface area contributed by atoms with Gasteiger partial charge in [-0.2, -0.15) is 0 Å². The summed E-state index contributed by atoms with van der Waals surface area (Å²) in [6.07, 6.45) is 0. The summed E-state index contributed by atoms with van der Waals surface area (Å²) in [6.45, 7) is 1.67. The zero-order valence-electron chi connectivity index (χ0n) is 11.5. The number of nitrogens with two attached hydrogens (primary N) is 1. The minimum absolute atomic E-state index is 0.0139. The molecule has 1 amide bonds. The van der Waals surface area contributed by atoms with Crippen molar-refractivity contribution in [3.63, 3.8) is 0 Å². The number of aromatic nitrogens is 3. The second kappa shape index (κ2) is 5.28. The number of nitrogen functional groups attached to an aromatic ring is 1. The molecule has 112 valence electrons. The third kappa shape index (κ3) is 2.36. The monoisotopic (exact) mass is 317 g/mol. The molecule has 3 aromatic rings. The van der Waals surface area contributed by atoms with Crippen molar-refractivity contribution in [2.24, 2.45) is 5.84 Å². The largest absolute Gasteiger partial charge is 0.505 e. The van der Waals surface area contributed by atoms with Crippen LogP contribution in [-0.4, -0.2) is 26.0 Å². The Morgan fingerprint density at radius 1 is 1.27 bits per heavy atom. The Bertz CT molecular complexity index is 890. The Balaban J connectivity index is 2.20. The van der Waals surface area contributed by atoms with E-state index in [1.165, 1.54) is 16.9 Å². The van der Waals surface area contributed by atoms with Gasteiger partial charge in [0.25, 0.3) is 5.91 Å². The van der Waals surface area contributed by atoms with Crippen molar-refractivity contribution < 1.29 is 9.90 Å².